The maximum atomic E-state index is 5.78. The Labute approximate surface area is 160 Å². The highest BCUT2D eigenvalue weighted by Crippen LogP contribution is 2.29. The van der Waals surface area contributed by atoms with Crippen LogP contribution in [0.2, 0.25) is 0 Å². The molecule has 0 amide bonds. The third-order valence-corrected chi connectivity index (χ3v) is 3.92. The minimum Gasteiger partial charge on any atom is -0.493 e. The van der Waals surface area contributed by atoms with E-state index < -0.39 is 6.29 Å². The van der Waals surface area contributed by atoms with Crippen LogP contribution in [0.5, 0.6) is 23.0 Å². The molecule has 2 rings (SSSR count). The molecule has 0 saturated carbocycles. The van der Waals surface area contributed by atoms with Crippen LogP contribution in [-0.4, -0.2) is 34.7 Å². The van der Waals surface area contributed by atoms with E-state index >= 15 is 0 Å². The Kier molecular flexibility index (Phi) is 7.98. The van der Waals surface area contributed by atoms with Crippen molar-refractivity contribution in [1.29, 1.82) is 0 Å². The van der Waals surface area contributed by atoms with Crippen LogP contribution in [0.25, 0.3) is 0 Å². The zero-order chi connectivity index (χ0) is 19.6. The van der Waals surface area contributed by atoms with E-state index in [1.807, 2.05) is 36.4 Å². The van der Waals surface area contributed by atoms with Gasteiger partial charge in [-0.15, -0.1) is 0 Å². The zero-order valence-electron chi connectivity index (χ0n) is 16.2. The highest BCUT2D eigenvalue weighted by Gasteiger charge is 2.10. The van der Waals surface area contributed by atoms with Crippen LogP contribution in [0.3, 0.4) is 0 Å². The number of rotatable bonds is 11. The summed E-state index contributed by atoms with van der Waals surface area (Å²) in [5, 5.41) is 0. The molecular weight excluding hydrogens is 348 g/mol. The Morgan fingerprint density at radius 3 is 1.44 bits per heavy atom. The number of hydrogen-bond acceptors (Lipinski definition) is 6. The van der Waals surface area contributed by atoms with E-state index in [9.17, 15) is 0 Å². The number of benzene rings is 2. The number of ether oxygens (including phenoxy) is 6. The van der Waals surface area contributed by atoms with Gasteiger partial charge < -0.3 is 28.4 Å². The lowest BCUT2D eigenvalue weighted by molar-refractivity contribution is -0.126. The maximum Gasteiger partial charge on any atom is 0.177 e. The van der Waals surface area contributed by atoms with Crippen molar-refractivity contribution in [2.45, 2.75) is 19.5 Å². The van der Waals surface area contributed by atoms with E-state index in [2.05, 4.69) is 6.58 Å². The molecule has 146 valence electrons. The van der Waals surface area contributed by atoms with Crippen LogP contribution in [-0.2, 0) is 22.7 Å². The molecule has 6 heteroatoms. The molecule has 0 N–H and O–H groups in total. The van der Waals surface area contributed by atoms with Crippen LogP contribution < -0.4 is 18.9 Å². The van der Waals surface area contributed by atoms with E-state index in [0.29, 0.717) is 36.2 Å². The smallest absolute Gasteiger partial charge is 0.177 e. The molecule has 0 spiro atoms. The summed E-state index contributed by atoms with van der Waals surface area (Å²) in [4.78, 5) is 0. The second kappa shape index (κ2) is 10.4. The Bertz CT molecular complexity index is 684. The largest absolute Gasteiger partial charge is 0.493 e. The highest BCUT2D eigenvalue weighted by atomic mass is 16.7. The summed E-state index contributed by atoms with van der Waals surface area (Å²) in [6.07, 6.45) is 1.06. The summed E-state index contributed by atoms with van der Waals surface area (Å²) in [6.45, 7) is 4.47. The molecule has 0 atom stereocenters. The molecule has 0 heterocycles. The van der Waals surface area contributed by atoms with Crippen molar-refractivity contribution >= 4 is 0 Å². The van der Waals surface area contributed by atoms with Gasteiger partial charge in [0.1, 0.15) is 0 Å². The van der Waals surface area contributed by atoms with Crippen molar-refractivity contribution < 1.29 is 28.4 Å². The van der Waals surface area contributed by atoms with Gasteiger partial charge in [-0.2, -0.15) is 0 Å². The molecule has 0 aromatic heterocycles. The summed E-state index contributed by atoms with van der Waals surface area (Å²) < 4.78 is 32.6. The number of hydrogen-bond donors (Lipinski definition) is 0. The molecule has 0 aliphatic rings. The summed E-state index contributed by atoms with van der Waals surface area (Å²) in [6, 6.07) is 11.2. The van der Waals surface area contributed by atoms with Gasteiger partial charge in [0, 0.05) is 0 Å². The van der Waals surface area contributed by atoms with Crippen LogP contribution >= 0.6 is 0 Å². The van der Waals surface area contributed by atoms with E-state index in [1.54, 1.807) is 34.5 Å². The molecule has 0 unspecified atom stereocenters. The highest BCUT2D eigenvalue weighted by molar-refractivity contribution is 5.43. The van der Waals surface area contributed by atoms with Gasteiger partial charge in [-0.3, -0.25) is 0 Å². The third kappa shape index (κ3) is 5.64. The topological polar surface area (TPSA) is 55.4 Å². The van der Waals surface area contributed by atoms with Gasteiger partial charge >= 0.3 is 0 Å². The van der Waals surface area contributed by atoms with Crippen molar-refractivity contribution in [3.05, 3.63) is 60.2 Å². The van der Waals surface area contributed by atoms with Crippen LogP contribution in [0.1, 0.15) is 11.1 Å². The molecule has 6 nitrogen and oxygen atoms in total. The fraction of sp³-hybridized carbons (Fsp3) is 0.333. The Balaban J connectivity index is 1.93. The second-order valence-electron chi connectivity index (χ2n) is 5.60. The lowest BCUT2D eigenvalue weighted by Crippen LogP contribution is -2.14. The third-order valence-electron chi connectivity index (χ3n) is 3.92. The van der Waals surface area contributed by atoms with Crippen molar-refractivity contribution in [2.75, 3.05) is 28.4 Å². The predicted octanol–water partition coefficient (Wildman–Crippen LogP) is 3.97. The summed E-state index contributed by atoms with van der Waals surface area (Å²) in [5.41, 5.74) is 1.88. The SMILES string of the molecule is C=CC(OCc1ccc(OC)c(OC)c1)OCc1ccc(OC)c(OC)c1. The minimum absolute atomic E-state index is 0.350. The van der Waals surface area contributed by atoms with Crippen molar-refractivity contribution in [3.8, 4) is 23.0 Å². The van der Waals surface area contributed by atoms with Gasteiger partial charge in [-0.05, 0) is 41.5 Å². The molecule has 2 aromatic carbocycles. The second-order valence-corrected chi connectivity index (χ2v) is 5.60. The summed E-state index contributed by atoms with van der Waals surface area (Å²) in [5.74, 6) is 2.65. The normalized spacial score (nSPS) is 10.6. The number of methoxy groups -OCH3 is 4. The molecule has 2 aromatic rings. The van der Waals surface area contributed by atoms with Crippen molar-refractivity contribution in [2.24, 2.45) is 0 Å². The standard InChI is InChI=1S/C21H26O6/c1-6-21(26-13-15-7-9-17(22-2)19(11-15)24-4)27-14-16-8-10-18(23-3)20(12-16)25-5/h6-12,21H,1,13-14H2,2-5H3. The van der Waals surface area contributed by atoms with Gasteiger partial charge in [-0.25, -0.2) is 0 Å². The first-order chi connectivity index (χ1) is 13.1. The van der Waals surface area contributed by atoms with Crippen molar-refractivity contribution in [3.63, 3.8) is 0 Å². The Hall–Kier alpha value is -2.70. The van der Waals surface area contributed by atoms with Gasteiger partial charge in [-0.1, -0.05) is 18.7 Å². The molecule has 0 radical (unpaired) electrons. The summed E-state index contributed by atoms with van der Waals surface area (Å²) >= 11 is 0. The van der Waals surface area contributed by atoms with Gasteiger partial charge in [0.05, 0.1) is 41.7 Å². The van der Waals surface area contributed by atoms with Crippen molar-refractivity contribution in [1.82, 2.24) is 0 Å². The van der Waals surface area contributed by atoms with Gasteiger partial charge in [0.2, 0.25) is 0 Å². The molecule has 0 saturated heterocycles. The lowest BCUT2D eigenvalue weighted by atomic mass is 10.2. The molecular formula is C21H26O6. The fourth-order valence-electron chi connectivity index (χ4n) is 2.48. The zero-order valence-corrected chi connectivity index (χ0v) is 16.2. The molecule has 0 fully saturated rings. The van der Waals surface area contributed by atoms with Crippen LogP contribution in [0.15, 0.2) is 49.1 Å². The van der Waals surface area contributed by atoms with E-state index in [1.165, 1.54) is 0 Å². The first kappa shape index (κ1) is 20.6. The molecule has 0 bridgehead atoms. The van der Waals surface area contributed by atoms with Crippen LogP contribution in [0, 0.1) is 0 Å². The van der Waals surface area contributed by atoms with E-state index in [4.69, 9.17) is 28.4 Å². The molecule has 0 aliphatic heterocycles. The molecule has 0 aliphatic carbocycles. The van der Waals surface area contributed by atoms with Gasteiger partial charge in [0.25, 0.3) is 0 Å². The first-order valence-corrected chi connectivity index (χ1v) is 8.42. The maximum absolute atomic E-state index is 5.78. The van der Waals surface area contributed by atoms with E-state index in [-0.39, 0.29) is 0 Å². The predicted molar refractivity (Wildman–Crippen MR) is 103 cm³/mol. The molecule has 27 heavy (non-hydrogen) atoms. The lowest BCUT2D eigenvalue weighted by Gasteiger charge is -2.16. The Morgan fingerprint density at radius 1 is 0.704 bits per heavy atom. The summed E-state index contributed by atoms with van der Waals surface area (Å²) in [7, 11) is 6.40. The Morgan fingerprint density at radius 2 is 1.11 bits per heavy atom. The fourth-order valence-corrected chi connectivity index (χ4v) is 2.48. The first-order valence-electron chi connectivity index (χ1n) is 8.42. The average molecular weight is 374 g/mol. The van der Waals surface area contributed by atoms with Gasteiger partial charge in [0.15, 0.2) is 29.3 Å². The monoisotopic (exact) mass is 374 g/mol. The quantitative estimate of drug-likeness (QED) is 0.438. The van der Waals surface area contributed by atoms with Crippen LogP contribution in [0.4, 0.5) is 0 Å². The average Bonchev–Trinajstić information content (AvgIpc) is 2.73. The van der Waals surface area contributed by atoms with E-state index in [0.717, 1.165) is 11.1 Å². The minimum atomic E-state index is -0.550.